The van der Waals surface area contributed by atoms with E-state index in [9.17, 15) is 0 Å². The van der Waals surface area contributed by atoms with E-state index in [1.807, 2.05) is 31.3 Å². The van der Waals surface area contributed by atoms with Crippen LogP contribution in [0.2, 0.25) is 0 Å². The number of aromatic nitrogens is 3. The van der Waals surface area contributed by atoms with Crippen LogP contribution >= 0.6 is 24.0 Å². The number of hydrogen-bond acceptors (Lipinski definition) is 5. The van der Waals surface area contributed by atoms with E-state index >= 15 is 0 Å². The van der Waals surface area contributed by atoms with E-state index in [0.29, 0.717) is 19.2 Å². The zero-order chi connectivity index (χ0) is 21.1. The molecular formula is C21H35IN6O2. The summed E-state index contributed by atoms with van der Waals surface area (Å²) in [6, 6.07) is 7.96. The highest BCUT2D eigenvalue weighted by atomic mass is 127. The van der Waals surface area contributed by atoms with Crippen LogP contribution in [0.1, 0.15) is 33.0 Å². The second kappa shape index (κ2) is 14.1. The van der Waals surface area contributed by atoms with Crippen LogP contribution in [-0.2, 0) is 13.0 Å². The van der Waals surface area contributed by atoms with Gasteiger partial charge in [-0.1, -0.05) is 13.8 Å². The van der Waals surface area contributed by atoms with Gasteiger partial charge in [0.05, 0.1) is 20.2 Å². The molecule has 2 aromatic rings. The Bertz CT molecular complexity index is 750. The second-order valence-electron chi connectivity index (χ2n) is 6.90. The molecule has 0 spiro atoms. The summed E-state index contributed by atoms with van der Waals surface area (Å²) in [5, 5.41) is 11.6. The predicted octanol–water partition coefficient (Wildman–Crippen LogP) is 3.22. The molecule has 0 radical (unpaired) electrons. The molecule has 1 N–H and O–H groups in total. The molecule has 0 fully saturated rings. The number of likely N-dealkylation sites (N-methyl/N-ethyl adjacent to an activating group) is 1. The van der Waals surface area contributed by atoms with Gasteiger partial charge < -0.3 is 24.3 Å². The van der Waals surface area contributed by atoms with Crippen molar-refractivity contribution >= 4 is 29.9 Å². The number of aliphatic imine (C=N–C) groups is 1. The largest absolute Gasteiger partial charge is 0.497 e. The minimum atomic E-state index is 0. The van der Waals surface area contributed by atoms with E-state index in [2.05, 4.69) is 45.8 Å². The van der Waals surface area contributed by atoms with Gasteiger partial charge in [-0.05, 0) is 37.6 Å². The molecule has 1 unspecified atom stereocenters. The van der Waals surface area contributed by atoms with Crippen molar-refractivity contribution in [1.82, 2.24) is 25.0 Å². The number of halogens is 1. The van der Waals surface area contributed by atoms with Gasteiger partial charge in [0, 0.05) is 26.1 Å². The first-order valence-corrected chi connectivity index (χ1v) is 10.2. The summed E-state index contributed by atoms with van der Waals surface area (Å²) in [6.07, 6.45) is 3.66. The molecule has 0 aliphatic heterocycles. The van der Waals surface area contributed by atoms with Crippen molar-refractivity contribution in [1.29, 1.82) is 0 Å². The molecule has 2 rings (SSSR count). The Morgan fingerprint density at radius 1 is 1.23 bits per heavy atom. The fraction of sp³-hybridized carbons (Fsp3) is 0.571. The Balaban J connectivity index is 0.00000450. The zero-order valence-electron chi connectivity index (χ0n) is 18.7. The Kier molecular flexibility index (Phi) is 12.2. The van der Waals surface area contributed by atoms with Crippen molar-refractivity contribution in [3.05, 3.63) is 36.4 Å². The summed E-state index contributed by atoms with van der Waals surface area (Å²) in [4.78, 5) is 6.89. The number of ether oxygens (including phenoxy) is 2. The van der Waals surface area contributed by atoms with Gasteiger partial charge in [0.2, 0.25) is 0 Å². The number of methoxy groups -OCH3 is 1. The highest BCUT2D eigenvalue weighted by Crippen LogP contribution is 2.16. The topological polar surface area (TPSA) is 76.8 Å². The van der Waals surface area contributed by atoms with Crippen LogP contribution in [0, 0.1) is 0 Å². The molecule has 1 aromatic heterocycles. The summed E-state index contributed by atoms with van der Waals surface area (Å²) in [6.45, 7) is 9.11. The molecule has 0 amide bonds. The van der Waals surface area contributed by atoms with Gasteiger partial charge >= 0.3 is 0 Å². The highest BCUT2D eigenvalue weighted by molar-refractivity contribution is 14.0. The molecule has 168 valence electrons. The number of benzene rings is 1. The van der Waals surface area contributed by atoms with Crippen LogP contribution in [0.15, 0.2) is 35.6 Å². The first kappa shape index (κ1) is 26.0. The van der Waals surface area contributed by atoms with Crippen LogP contribution in [-0.4, -0.2) is 65.5 Å². The van der Waals surface area contributed by atoms with Gasteiger partial charge in [-0.15, -0.1) is 34.2 Å². The van der Waals surface area contributed by atoms with Crippen molar-refractivity contribution in [3.63, 3.8) is 0 Å². The molecule has 9 heteroatoms. The first-order valence-electron chi connectivity index (χ1n) is 10.2. The van der Waals surface area contributed by atoms with Crippen LogP contribution in [0.5, 0.6) is 11.5 Å². The van der Waals surface area contributed by atoms with Crippen molar-refractivity contribution in [2.45, 2.75) is 46.2 Å². The lowest BCUT2D eigenvalue weighted by Crippen LogP contribution is -2.44. The smallest absolute Gasteiger partial charge is 0.194 e. The quantitative estimate of drug-likeness (QED) is 0.273. The van der Waals surface area contributed by atoms with Gasteiger partial charge in [0.1, 0.15) is 30.3 Å². The van der Waals surface area contributed by atoms with Gasteiger partial charge in [-0.3, -0.25) is 4.99 Å². The Labute approximate surface area is 197 Å². The Morgan fingerprint density at radius 2 is 1.93 bits per heavy atom. The minimum absolute atomic E-state index is 0. The van der Waals surface area contributed by atoms with E-state index in [1.54, 1.807) is 13.4 Å². The number of nitrogens with zero attached hydrogens (tertiary/aromatic N) is 5. The molecular weight excluding hydrogens is 495 g/mol. The lowest BCUT2D eigenvalue weighted by molar-refractivity contribution is 0.280. The third kappa shape index (κ3) is 8.37. The Morgan fingerprint density at radius 3 is 2.57 bits per heavy atom. The van der Waals surface area contributed by atoms with Crippen LogP contribution < -0.4 is 14.8 Å². The highest BCUT2D eigenvalue weighted by Gasteiger charge is 2.10. The maximum absolute atomic E-state index is 5.85. The summed E-state index contributed by atoms with van der Waals surface area (Å²) in [7, 11) is 3.68. The van der Waals surface area contributed by atoms with Crippen molar-refractivity contribution < 1.29 is 9.47 Å². The predicted molar refractivity (Wildman–Crippen MR) is 131 cm³/mol. The third-order valence-corrected chi connectivity index (χ3v) is 4.72. The van der Waals surface area contributed by atoms with E-state index < -0.39 is 0 Å². The lowest BCUT2D eigenvalue weighted by atomic mass is 10.3. The number of guanidine groups is 1. The number of aryl methyl sites for hydroxylation is 1. The van der Waals surface area contributed by atoms with Crippen molar-refractivity contribution in [3.8, 4) is 11.5 Å². The fourth-order valence-electron chi connectivity index (χ4n) is 2.68. The molecule has 8 nitrogen and oxygen atoms in total. The molecule has 1 heterocycles. The van der Waals surface area contributed by atoms with Crippen molar-refractivity contribution in [2.24, 2.45) is 4.99 Å². The van der Waals surface area contributed by atoms with E-state index in [-0.39, 0.29) is 24.0 Å². The molecule has 30 heavy (non-hydrogen) atoms. The van der Waals surface area contributed by atoms with E-state index in [1.165, 1.54) is 0 Å². The van der Waals surface area contributed by atoms with Gasteiger partial charge in [0.25, 0.3) is 0 Å². The average molecular weight is 530 g/mol. The third-order valence-electron chi connectivity index (χ3n) is 4.72. The van der Waals surface area contributed by atoms with Gasteiger partial charge in [0.15, 0.2) is 5.96 Å². The summed E-state index contributed by atoms with van der Waals surface area (Å²) < 4.78 is 13.1. The summed E-state index contributed by atoms with van der Waals surface area (Å²) in [5.74, 6) is 3.51. The molecule has 0 aliphatic rings. The van der Waals surface area contributed by atoms with Gasteiger partial charge in [-0.2, -0.15) is 0 Å². The average Bonchev–Trinajstić information content (AvgIpc) is 3.20. The minimum Gasteiger partial charge on any atom is -0.497 e. The SMILES string of the molecule is CCc1nncn1CCN=C(NC(C)CC)N(C)CCOc1ccc(OC)cc1.I. The monoisotopic (exact) mass is 530 g/mol. The molecule has 0 saturated heterocycles. The molecule has 0 saturated carbocycles. The Hall–Kier alpha value is -2.04. The molecule has 0 bridgehead atoms. The van der Waals surface area contributed by atoms with Crippen molar-refractivity contribution in [2.75, 3.05) is 33.9 Å². The number of rotatable bonds is 11. The maximum Gasteiger partial charge on any atom is 0.194 e. The summed E-state index contributed by atoms with van der Waals surface area (Å²) >= 11 is 0. The number of nitrogens with one attached hydrogen (secondary N) is 1. The van der Waals surface area contributed by atoms with E-state index in [4.69, 9.17) is 14.5 Å². The normalized spacial score (nSPS) is 12.1. The second-order valence-corrected chi connectivity index (χ2v) is 6.90. The molecule has 1 atom stereocenters. The van der Waals surface area contributed by atoms with Crippen LogP contribution in [0.25, 0.3) is 0 Å². The van der Waals surface area contributed by atoms with Crippen LogP contribution in [0.4, 0.5) is 0 Å². The zero-order valence-corrected chi connectivity index (χ0v) is 21.0. The lowest BCUT2D eigenvalue weighted by Gasteiger charge is -2.25. The van der Waals surface area contributed by atoms with E-state index in [0.717, 1.165) is 49.2 Å². The summed E-state index contributed by atoms with van der Waals surface area (Å²) in [5.41, 5.74) is 0. The maximum atomic E-state index is 5.85. The first-order chi connectivity index (χ1) is 14.1. The van der Waals surface area contributed by atoms with Gasteiger partial charge in [-0.25, -0.2) is 0 Å². The standard InChI is InChI=1S/C21H34N6O2.HI/c1-6-17(3)24-21(22-12-13-27-16-23-25-20(27)7-2)26(4)14-15-29-19-10-8-18(28-5)9-11-19;/h8-11,16-17H,6-7,12-15H2,1-5H3,(H,22,24);1H. The molecule has 0 aliphatic carbocycles. The molecule has 1 aromatic carbocycles. The van der Waals surface area contributed by atoms with Crippen LogP contribution in [0.3, 0.4) is 0 Å². The number of hydrogen-bond donors (Lipinski definition) is 1. The fourth-order valence-corrected chi connectivity index (χ4v) is 2.68.